The second-order valence-corrected chi connectivity index (χ2v) is 6.92. The van der Waals surface area contributed by atoms with Gasteiger partial charge in [0.1, 0.15) is 5.82 Å². The van der Waals surface area contributed by atoms with E-state index in [1.54, 1.807) is 17.5 Å². The van der Waals surface area contributed by atoms with Gasteiger partial charge in [0.25, 0.3) is 0 Å². The molecule has 2 aromatic heterocycles. The third kappa shape index (κ3) is 4.23. The van der Waals surface area contributed by atoms with E-state index in [9.17, 15) is 4.79 Å². The van der Waals surface area contributed by atoms with Crippen LogP contribution in [0.2, 0.25) is 0 Å². The van der Waals surface area contributed by atoms with Crippen LogP contribution in [0.5, 0.6) is 0 Å². The first-order valence-electron chi connectivity index (χ1n) is 8.39. The molecular formula is C17H23N5OS. The standard InChI is InChI=1S/C17H23N5OS/c1-2-14(15-5-4-12-24-15)20-17(23)22-10-7-13(8-11-22)19-16-6-3-9-18-21-16/h3-6,9,12-14H,2,7-8,10-11H2,1H3,(H,19,21)(H,20,23). The Morgan fingerprint density at radius 3 is 2.83 bits per heavy atom. The van der Waals surface area contributed by atoms with Gasteiger partial charge in [-0.2, -0.15) is 5.10 Å². The van der Waals surface area contributed by atoms with Crippen LogP contribution in [-0.2, 0) is 0 Å². The van der Waals surface area contributed by atoms with Gasteiger partial charge in [-0.25, -0.2) is 4.79 Å². The molecule has 6 nitrogen and oxygen atoms in total. The first-order chi connectivity index (χ1) is 11.8. The van der Waals surface area contributed by atoms with Crippen molar-refractivity contribution < 1.29 is 4.79 Å². The molecule has 7 heteroatoms. The molecule has 1 unspecified atom stereocenters. The van der Waals surface area contributed by atoms with E-state index in [0.717, 1.165) is 38.2 Å². The Kier molecular flexibility index (Phi) is 5.63. The Hall–Kier alpha value is -2.15. The number of nitrogens with one attached hydrogen (secondary N) is 2. The predicted molar refractivity (Wildman–Crippen MR) is 96.1 cm³/mol. The lowest BCUT2D eigenvalue weighted by molar-refractivity contribution is 0.179. The van der Waals surface area contributed by atoms with Gasteiger partial charge in [0.15, 0.2) is 0 Å². The van der Waals surface area contributed by atoms with Gasteiger partial charge in [0.2, 0.25) is 0 Å². The largest absolute Gasteiger partial charge is 0.366 e. The average molecular weight is 345 g/mol. The molecule has 0 radical (unpaired) electrons. The molecular weight excluding hydrogens is 322 g/mol. The lowest BCUT2D eigenvalue weighted by atomic mass is 10.1. The van der Waals surface area contributed by atoms with Crippen molar-refractivity contribution >= 4 is 23.2 Å². The second kappa shape index (κ2) is 8.10. The Bertz CT molecular complexity index is 626. The van der Waals surface area contributed by atoms with Crippen LogP contribution < -0.4 is 10.6 Å². The maximum Gasteiger partial charge on any atom is 0.317 e. The molecule has 1 fully saturated rings. The lowest BCUT2D eigenvalue weighted by Crippen LogP contribution is -2.47. The second-order valence-electron chi connectivity index (χ2n) is 5.94. The molecule has 1 saturated heterocycles. The highest BCUT2D eigenvalue weighted by atomic mass is 32.1. The van der Waals surface area contributed by atoms with Crippen LogP contribution >= 0.6 is 11.3 Å². The zero-order valence-corrected chi connectivity index (χ0v) is 14.6. The van der Waals surface area contributed by atoms with E-state index in [-0.39, 0.29) is 12.1 Å². The predicted octanol–water partition coefficient (Wildman–Crippen LogP) is 3.28. The Balaban J connectivity index is 1.48. The number of nitrogens with zero attached hydrogens (tertiary/aromatic N) is 3. The minimum absolute atomic E-state index is 0.0354. The molecule has 1 aliphatic rings. The normalized spacial score (nSPS) is 16.6. The number of anilines is 1. The van der Waals surface area contributed by atoms with Gasteiger partial charge in [0.05, 0.1) is 6.04 Å². The number of hydrogen-bond donors (Lipinski definition) is 2. The summed E-state index contributed by atoms with van der Waals surface area (Å²) in [5, 5.41) is 16.5. The van der Waals surface area contributed by atoms with E-state index in [1.165, 1.54) is 4.88 Å². The van der Waals surface area contributed by atoms with E-state index in [1.807, 2.05) is 28.5 Å². The van der Waals surface area contributed by atoms with E-state index < -0.39 is 0 Å². The molecule has 128 valence electrons. The summed E-state index contributed by atoms with van der Waals surface area (Å²) in [6.07, 6.45) is 4.40. The molecule has 1 aliphatic heterocycles. The Morgan fingerprint density at radius 1 is 1.38 bits per heavy atom. The lowest BCUT2D eigenvalue weighted by Gasteiger charge is -2.33. The van der Waals surface area contributed by atoms with Gasteiger partial charge >= 0.3 is 6.03 Å². The number of rotatable bonds is 5. The molecule has 1 atom stereocenters. The molecule has 0 saturated carbocycles. The summed E-state index contributed by atoms with van der Waals surface area (Å²) in [4.78, 5) is 15.6. The van der Waals surface area contributed by atoms with Crippen molar-refractivity contribution in [2.75, 3.05) is 18.4 Å². The van der Waals surface area contributed by atoms with Crippen LogP contribution in [0, 0.1) is 0 Å². The van der Waals surface area contributed by atoms with Gasteiger partial charge in [-0.15, -0.1) is 16.4 Å². The van der Waals surface area contributed by atoms with Crippen LogP contribution in [0.15, 0.2) is 35.8 Å². The van der Waals surface area contributed by atoms with Crippen molar-refractivity contribution in [2.45, 2.75) is 38.3 Å². The fourth-order valence-corrected chi connectivity index (χ4v) is 3.78. The van der Waals surface area contributed by atoms with E-state index in [4.69, 9.17) is 0 Å². The summed E-state index contributed by atoms with van der Waals surface area (Å²) in [5.41, 5.74) is 0. The van der Waals surface area contributed by atoms with Gasteiger partial charge in [-0.3, -0.25) is 0 Å². The van der Waals surface area contributed by atoms with Crippen molar-refractivity contribution in [3.05, 3.63) is 40.7 Å². The molecule has 0 bridgehead atoms. The molecule has 3 heterocycles. The molecule has 24 heavy (non-hydrogen) atoms. The quantitative estimate of drug-likeness (QED) is 0.872. The number of amides is 2. The zero-order valence-electron chi connectivity index (χ0n) is 13.8. The van der Waals surface area contributed by atoms with Gasteiger partial charge in [-0.05, 0) is 42.8 Å². The summed E-state index contributed by atoms with van der Waals surface area (Å²) in [5.74, 6) is 0.796. The minimum atomic E-state index is 0.0354. The third-order valence-corrected chi connectivity index (χ3v) is 5.29. The van der Waals surface area contributed by atoms with E-state index >= 15 is 0 Å². The number of thiophene rings is 1. The SMILES string of the molecule is CCC(NC(=O)N1CCC(Nc2cccnn2)CC1)c1cccs1. The van der Waals surface area contributed by atoms with Crippen molar-refractivity contribution in [3.8, 4) is 0 Å². The monoisotopic (exact) mass is 345 g/mol. The third-order valence-electron chi connectivity index (χ3n) is 4.30. The molecule has 0 aromatic carbocycles. The molecule has 2 aromatic rings. The summed E-state index contributed by atoms with van der Waals surface area (Å²) in [6, 6.07) is 8.37. The molecule has 2 N–H and O–H groups in total. The number of carbonyl (C=O) groups excluding carboxylic acids is 1. The molecule has 0 aliphatic carbocycles. The van der Waals surface area contributed by atoms with Crippen molar-refractivity contribution in [3.63, 3.8) is 0 Å². The zero-order chi connectivity index (χ0) is 16.8. The number of carbonyl (C=O) groups is 1. The first kappa shape index (κ1) is 16.7. The smallest absolute Gasteiger partial charge is 0.317 e. The van der Waals surface area contributed by atoms with E-state index in [0.29, 0.717) is 6.04 Å². The van der Waals surface area contributed by atoms with Crippen molar-refractivity contribution in [1.29, 1.82) is 0 Å². The van der Waals surface area contributed by atoms with Crippen molar-refractivity contribution in [2.24, 2.45) is 0 Å². The van der Waals surface area contributed by atoms with Gasteiger partial charge in [0, 0.05) is 30.2 Å². The number of urea groups is 1. The van der Waals surface area contributed by atoms with Crippen molar-refractivity contribution in [1.82, 2.24) is 20.4 Å². The highest BCUT2D eigenvalue weighted by molar-refractivity contribution is 7.10. The summed E-state index contributed by atoms with van der Waals surface area (Å²) in [7, 11) is 0. The van der Waals surface area contributed by atoms with Crippen LogP contribution in [0.4, 0.5) is 10.6 Å². The number of likely N-dealkylation sites (tertiary alicyclic amines) is 1. The molecule has 2 amide bonds. The number of hydrogen-bond acceptors (Lipinski definition) is 5. The summed E-state index contributed by atoms with van der Waals surface area (Å²) >= 11 is 1.69. The minimum Gasteiger partial charge on any atom is -0.366 e. The highest BCUT2D eigenvalue weighted by Gasteiger charge is 2.24. The van der Waals surface area contributed by atoms with Crippen LogP contribution in [-0.4, -0.2) is 40.3 Å². The Morgan fingerprint density at radius 2 is 2.21 bits per heavy atom. The molecule has 3 rings (SSSR count). The number of piperidine rings is 1. The van der Waals surface area contributed by atoms with Gasteiger partial charge in [-0.1, -0.05) is 13.0 Å². The highest BCUT2D eigenvalue weighted by Crippen LogP contribution is 2.22. The summed E-state index contributed by atoms with van der Waals surface area (Å²) < 4.78 is 0. The van der Waals surface area contributed by atoms with Gasteiger partial charge < -0.3 is 15.5 Å². The average Bonchev–Trinajstić information content (AvgIpc) is 3.15. The Labute approximate surface area is 146 Å². The van der Waals surface area contributed by atoms with Crippen LogP contribution in [0.25, 0.3) is 0 Å². The topological polar surface area (TPSA) is 70.2 Å². The van der Waals surface area contributed by atoms with Crippen LogP contribution in [0.3, 0.4) is 0 Å². The summed E-state index contributed by atoms with van der Waals surface area (Å²) in [6.45, 7) is 3.61. The van der Waals surface area contributed by atoms with Crippen LogP contribution in [0.1, 0.15) is 37.1 Å². The maximum atomic E-state index is 12.5. The maximum absolute atomic E-state index is 12.5. The molecule has 0 spiro atoms. The fraction of sp³-hybridized carbons (Fsp3) is 0.471. The number of aromatic nitrogens is 2. The first-order valence-corrected chi connectivity index (χ1v) is 9.27. The van der Waals surface area contributed by atoms with E-state index in [2.05, 4.69) is 33.8 Å². The fourth-order valence-electron chi connectivity index (χ4n) is 2.92.